The fourth-order valence-corrected chi connectivity index (χ4v) is 9.16. The Morgan fingerprint density at radius 2 is 1.96 bits per heavy atom. The van der Waals surface area contributed by atoms with Crippen molar-refractivity contribution in [2.24, 2.45) is 39.9 Å². The first-order valence-corrected chi connectivity index (χ1v) is 10.0. The molecule has 0 aromatic rings. The van der Waals surface area contributed by atoms with Crippen molar-refractivity contribution >= 4 is 17.7 Å². The Bertz CT molecular complexity index is 852. The van der Waals surface area contributed by atoms with E-state index in [-0.39, 0.29) is 29.6 Å². The molecule has 1 N–H and O–H groups in total. The standard InChI is InChI=1S/C21H25NO5/c1-9-5-20-12-4-11(9)14(24)13(20)16-21(12)7-10(23)6-19(2,8-22(16)3)15(21)17(25)27-18(20)26/h11-16,24H,1,4-8H2,2-3H3. The molecule has 2 saturated heterocycles. The van der Waals surface area contributed by atoms with Crippen molar-refractivity contribution in [3.63, 3.8) is 0 Å². The van der Waals surface area contributed by atoms with Crippen molar-refractivity contribution < 1.29 is 24.2 Å². The van der Waals surface area contributed by atoms with Crippen LogP contribution in [-0.4, -0.2) is 53.5 Å². The van der Waals surface area contributed by atoms with E-state index in [2.05, 4.69) is 11.5 Å². The smallest absolute Gasteiger partial charge is 0.320 e. The van der Waals surface area contributed by atoms with Crippen LogP contribution in [0.1, 0.15) is 32.6 Å². The van der Waals surface area contributed by atoms with Gasteiger partial charge in [-0.1, -0.05) is 19.1 Å². The van der Waals surface area contributed by atoms with Crippen LogP contribution in [-0.2, 0) is 19.1 Å². The Hall–Kier alpha value is -1.53. The molecule has 7 aliphatic rings. The minimum absolute atomic E-state index is 0.0554. The number of carbonyl (C=O) groups is 3. The Labute approximate surface area is 157 Å². The summed E-state index contributed by atoms with van der Waals surface area (Å²) < 4.78 is 5.49. The van der Waals surface area contributed by atoms with E-state index in [4.69, 9.17) is 4.74 Å². The lowest BCUT2D eigenvalue weighted by atomic mass is 9.45. The number of carbonyl (C=O) groups excluding carboxylic acids is 3. The largest absolute Gasteiger partial charge is 0.392 e. The number of cyclic esters (lactones) is 2. The molecule has 7 fully saturated rings. The number of esters is 2. The van der Waals surface area contributed by atoms with Gasteiger partial charge in [-0.05, 0) is 25.8 Å². The van der Waals surface area contributed by atoms with Gasteiger partial charge in [0.25, 0.3) is 0 Å². The van der Waals surface area contributed by atoms with E-state index in [1.54, 1.807) is 0 Å². The van der Waals surface area contributed by atoms with Crippen LogP contribution < -0.4 is 0 Å². The molecule has 6 heteroatoms. The van der Waals surface area contributed by atoms with E-state index >= 15 is 0 Å². The number of piperidine rings is 1. The average molecular weight is 371 g/mol. The van der Waals surface area contributed by atoms with Crippen molar-refractivity contribution in [1.82, 2.24) is 4.90 Å². The summed E-state index contributed by atoms with van der Waals surface area (Å²) in [6.07, 6.45) is 1.10. The number of hydrogen-bond donors (Lipinski definition) is 1. The highest BCUT2D eigenvalue weighted by Crippen LogP contribution is 2.79. The summed E-state index contributed by atoms with van der Waals surface area (Å²) in [5, 5.41) is 11.3. The zero-order valence-electron chi connectivity index (χ0n) is 15.7. The highest BCUT2D eigenvalue weighted by atomic mass is 16.6. The van der Waals surface area contributed by atoms with E-state index in [1.807, 2.05) is 14.0 Å². The summed E-state index contributed by atoms with van der Waals surface area (Å²) in [5.74, 6) is -1.66. The van der Waals surface area contributed by atoms with E-state index in [1.165, 1.54) is 0 Å². The van der Waals surface area contributed by atoms with Gasteiger partial charge in [0.2, 0.25) is 0 Å². The van der Waals surface area contributed by atoms with Crippen molar-refractivity contribution in [2.75, 3.05) is 13.6 Å². The van der Waals surface area contributed by atoms with Crippen LogP contribution in [0.4, 0.5) is 0 Å². The van der Waals surface area contributed by atoms with Gasteiger partial charge in [-0.25, -0.2) is 0 Å². The molecule has 9 unspecified atom stereocenters. The summed E-state index contributed by atoms with van der Waals surface area (Å²) in [7, 11) is 2.03. The molecule has 9 atom stereocenters. The lowest BCUT2D eigenvalue weighted by molar-refractivity contribution is -0.197. The molecule has 144 valence electrons. The van der Waals surface area contributed by atoms with Crippen LogP contribution in [0.2, 0.25) is 0 Å². The average Bonchev–Trinajstić information content (AvgIpc) is 2.66. The number of hydrogen-bond acceptors (Lipinski definition) is 6. The fraction of sp³-hybridized carbons (Fsp3) is 0.762. The molecule has 27 heavy (non-hydrogen) atoms. The molecular formula is C21H25NO5. The summed E-state index contributed by atoms with van der Waals surface area (Å²) in [5.41, 5.74) is -1.17. The second-order valence-corrected chi connectivity index (χ2v) is 10.4. The maximum absolute atomic E-state index is 13.4. The highest BCUT2D eigenvalue weighted by Gasteiger charge is 2.85. The SMILES string of the molecule is C=C1CC23C(=O)OC(=O)C4C5(C)CC(=O)CC46C(C2C(O)C1CC36)N(C)C5. The van der Waals surface area contributed by atoms with Crippen molar-refractivity contribution in [1.29, 1.82) is 0 Å². The van der Waals surface area contributed by atoms with Crippen LogP contribution in [0.15, 0.2) is 12.2 Å². The lowest BCUT2D eigenvalue weighted by Crippen LogP contribution is -2.69. The monoisotopic (exact) mass is 371 g/mol. The van der Waals surface area contributed by atoms with Crippen LogP contribution in [0.5, 0.6) is 0 Å². The number of aliphatic hydroxyl groups is 1. The summed E-state index contributed by atoms with van der Waals surface area (Å²) in [6, 6.07) is -0.144. The zero-order chi connectivity index (χ0) is 19.1. The molecule has 5 saturated carbocycles. The summed E-state index contributed by atoms with van der Waals surface area (Å²) >= 11 is 0. The third-order valence-corrected chi connectivity index (χ3v) is 9.30. The molecule has 2 heterocycles. The molecule has 0 aromatic heterocycles. The van der Waals surface area contributed by atoms with Crippen molar-refractivity contribution in [2.45, 2.75) is 44.8 Å². The predicted molar refractivity (Wildman–Crippen MR) is 93.1 cm³/mol. The molecule has 0 aromatic carbocycles. The van der Waals surface area contributed by atoms with Gasteiger partial charge in [0, 0.05) is 48.1 Å². The molecule has 6 bridgehead atoms. The van der Waals surface area contributed by atoms with Crippen LogP contribution in [0.3, 0.4) is 0 Å². The zero-order valence-corrected chi connectivity index (χ0v) is 15.7. The van der Waals surface area contributed by atoms with Crippen LogP contribution in [0, 0.1) is 39.9 Å². The molecule has 5 aliphatic carbocycles. The molecular weight excluding hydrogens is 346 g/mol. The number of rotatable bonds is 0. The first-order valence-electron chi connectivity index (χ1n) is 10.0. The summed E-state index contributed by atoms with van der Waals surface area (Å²) in [4.78, 5) is 41.7. The molecule has 0 radical (unpaired) electrons. The second-order valence-electron chi connectivity index (χ2n) is 10.4. The third-order valence-electron chi connectivity index (χ3n) is 9.30. The number of Topliss-reactive ketones (excluding diaryl/α,β-unsaturated/α-hetero) is 1. The first kappa shape index (κ1) is 16.4. The Morgan fingerprint density at radius 3 is 2.70 bits per heavy atom. The number of aliphatic hydroxyl groups excluding tert-OH is 1. The molecule has 2 aliphatic heterocycles. The number of likely N-dealkylation sites (tertiary alicyclic amines) is 1. The Morgan fingerprint density at radius 1 is 1.22 bits per heavy atom. The van der Waals surface area contributed by atoms with Gasteiger partial charge >= 0.3 is 11.9 Å². The quantitative estimate of drug-likeness (QED) is 0.387. The molecule has 7 rings (SSSR count). The number of ketones is 1. The fourth-order valence-electron chi connectivity index (χ4n) is 9.16. The van der Waals surface area contributed by atoms with Gasteiger partial charge in [-0.3, -0.25) is 14.4 Å². The minimum atomic E-state index is -0.919. The first-order chi connectivity index (χ1) is 12.7. The Balaban J connectivity index is 1.71. The maximum atomic E-state index is 13.4. The topological polar surface area (TPSA) is 83.9 Å². The summed E-state index contributed by atoms with van der Waals surface area (Å²) in [6.45, 7) is 6.76. The van der Waals surface area contributed by atoms with Crippen molar-refractivity contribution in [3.8, 4) is 0 Å². The van der Waals surface area contributed by atoms with E-state index < -0.39 is 40.2 Å². The van der Waals surface area contributed by atoms with E-state index in [0.29, 0.717) is 32.2 Å². The van der Waals surface area contributed by atoms with Gasteiger partial charge in [0.1, 0.15) is 5.78 Å². The van der Waals surface area contributed by atoms with E-state index in [9.17, 15) is 19.5 Å². The minimum Gasteiger partial charge on any atom is -0.392 e. The highest BCUT2D eigenvalue weighted by molar-refractivity contribution is 5.97. The third kappa shape index (κ3) is 1.44. The van der Waals surface area contributed by atoms with Gasteiger partial charge in [-0.15, -0.1) is 0 Å². The number of fused-ring (bicyclic) bond motifs is 1. The molecule has 0 amide bonds. The number of ether oxygens (including phenoxy) is 1. The predicted octanol–water partition coefficient (Wildman–Crippen LogP) is 0.929. The molecule has 2 spiro atoms. The van der Waals surface area contributed by atoms with Gasteiger partial charge < -0.3 is 14.7 Å². The molecule has 6 nitrogen and oxygen atoms in total. The maximum Gasteiger partial charge on any atom is 0.320 e. The van der Waals surface area contributed by atoms with Gasteiger partial charge in [0.15, 0.2) is 0 Å². The van der Waals surface area contributed by atoms with Crippen LogP contribution in [0.25, 0.3) is 0 Å². The van der Waals surface area contributed by atoms with Gasteiger partial charge in [-0.2, -0.15) is 0 Å². The van der Waals surface area contributed by atoms with Crippen LogP contribution >= 0.6 is 0 Å². The van der Waals surface area contributed by atoms with Gasteiger partial charge in [0.05, 0.1) is 17.4 Å². The van der Waals surface area contributed by atoms with E-state index in [0.717, 1.165) is 5.57 Å². The normalized spacial score (nSPS) is 58.3. The van der Waals surface area contributed by atoms with Crippen molar-refractivity contribution in [3.05, 3.63) is 12.2 Å². The number of nitrogens with zero attached hydrogens (tertiary/aromatic N) is 1. The Kier molecular flexibility index (Phi) is 2.67. The second kappa shape index (κ2) is 4.38. The lowest BCUT2D eigenvalue weighted by Gasteiger charge is -2.61.